The standard InChI is InChI=1S/C13H22N.CH4O.ClH/c1-4-14(5-2,6-3)12-13-10-8-7-9-11-13;1-2;/h7-11H,4-6,12H2,1-3H3;2H,1H3;1H/q+1;;/p-1. The smallest absolute Gasteiger partial charge is 0.104 e. The predicted molar refractivity (Wildman–Crippen MR) is 70.2 cm³/mol. The van der Waals surface area contributed by atoms with Gasteiger partial charge in [0.1, 0.15) is 6.54 Å². The quantitative estimate of drug-likeness (QED) is 0.719. The minimum atomic E-state index is 0. The second-order valence-electron chi connectivity index (χ2n) is 3.93. The Labute approximate surface area is 112 Å². The van der Waals surface area contributed by atoms with Gasteiger partial charge in [-0.15, -0.1) is 0 Å². The first kappa shape index (κ1) is 18.8. The largest absolute Gasteiger partial charge is 1.00 e. The van der Waals surface area contributed by atoms with Gasteiger partial charge in [0.2, 0.25) is 0 Å². The molecule has 0 aliphatic rings. The number of benzene rings is 1. The number of aliphatic hydroxyl groups is 1. The molecular weight excluding hydrogens is 234 g/mol. The van der Waals surface area contributed by atoms with Crippen LogP contribution in [-0.2, 0) is 6.54 Å². The van der Waals surface area contributed by atoms with Crippen LogP contribution in [0.2, 0.25) is 0 Å². The monoisotopic (exact) mass is 259 g/mol. The first-order chi connectivity index (χ1) is 7.76. The van der Waals surface area contributed by atoms with Gasteiger partial charge in [-0.3, -0.25) is 0 Å². The lowest BCUT2D eigenvalue weighted by Gasteiger charge is -2.35. The highest BCUT2D eigenvalue weighted by atomic mass is 35.5. The summed E-state index contributed by atoms with van der Waals surface area (Å²) < 4.78 is 1.20. The van der Waals surface area contributed by atoms with Crippen molar-refractivity contribution in [2.24, 2.45) is 0 Å². The van der Waals surface area contributed by atoms with Gasteiger partial charge in [0.25, 0.3) is 0 Å². The summed E-state index contributed by atoms with van der Waals surface area (Å²) in [6, 6.07) is 10.8. The van der Waals surface area contributed by atoms with Crippen LogP contribution in [-0.4, -0.2) is 36.3 Å². The van der Waals surface area contributed by atoms with E-state index in [1.807, 2.05) is 0 Å². The van der Waals surface area contributed by atoms with Crippen LogP contribution in [0.1, 0.15) is 26.3 Å². The Bertz CT molecular complexity index is 252. The number of hydrogen-bond donors (Lipinski definition) is 1. The van der Waals surface area contributed by atoms with E-state index in [4.69, 9.17) is 5.11 Å². The Morgan fingerprint density at radius 2 is 1.29 bits per heavy atom. The van der Waals surface area contributed by atoms with Crippen molar-refractivity contribution < 1.29 is 22.0 Å². The Morgan fingerprint density at radius 1 is 0.882 bits per heavy atom. The van der Waals surface area contributed by atoms with Gasteiger partial charge in [-0.2, -0.15) is 0 Å². The second kappa shape index (κ2) is 10.6. The molecule has 0 saturated carbocycles. The van der Waals surface area contributed by atoms with Crippen LogP contribution in [0, 0.1) is 0 Å². The summed E-state index contributed by atoms with van der Waals surface area (Å²) in [7, 11) is 1.00. The molecule has 0 atom stereocenters. The van der Waals surface area contributed by atoms with E-state index >= 15 is 0 Å². The van der Waals surface area contributed by atoms with E-state index in [1.165, 1.54) is 36.2 Å². The number of quaternary nitrogens is 1. The molecular formula is C14H26ClNO. The lowest BCUT2D eigenvalue weighted by molar-refractivity contribution is -0.936. The fraction of sp³-hybridized carbons (Fsp3) is 0.571. The molecule has 0 heterocycles. The van der Waals surface area contributed by atoms with E-state index in [0.717, 1.165) is 7.11 Å². The maximum absolute atomic E-state index is 7.00. The molecule has 1 rings (SSSR count). The third-order valence-corrected chi connectivity index (χ3v) is 3.37. The van der Waals surface area contributed by atoms with Gasteiger partial charge >= 0.3 is 0 Å². The Morgan fingerprint density at radius 3 is 1.65 bits per heavy atom. The number of aliphatic hydroxyl groups excluding tert-OH is 1. The van der Waals surface area contributed by atoms with Gasteiger partial charge < -0.3 is 22.0 Å². The van der Waals surface area contributed by atoms with Gasteiger partial charge in [-0.25, -0.2) is 0 Å². The molecule has 0 aliphatic carbocycles. The third kappa shape index (κ3) is 6.06. The lowest BCUT2D eigenvalue weighted by Crippen LogP contribution is -3.00. The minimum absolute atomic E-state index is 0. The van der Waals surface area contributed by atoms with E-state index in [-0.39, 0.29) is 12.4 Å². The van der Waals surface area contributed by atoms with Crippen molar-refractivity contribution in [1.29, 1.82) is 0 Å². The van der Waals surface area contributed by atoms with E-state index in [0.29, 0.717) is 0 Å². The van der Waals surface area contributed by atoms with Crippen molar-refractivity contribution >= 4 is 0 Å². The fourth-order valence-corrected chi connectivity index (χ4v) is 1.98. The van der Waals surface area contributed by atoms with Gasteiger partial charge in [0, 0.05) is 12.7 Å². The van der Waals surface area contributed by atoms with Crippen LogP contribution in [0.25, 0.3) is 0 Å². The van der Waals surface area contributed by atoms with E-state index < -0.39 is 0 Å². The third-order valence-electron chi connectivity index (χ3n) is 3.37. The first-order valence-corrected chi connectivity index (χ1v) is 6.10. The zero-order valence-corrected chi connectivity index (χ0v) is 12.2. The summed E-state index contributed by atoms with van der Waals surface area (Å²) in [6.45, 7) is 11.7. The highest BCUT2D eigenvalue weighted by Gasteiger charge is 2.20. The SMILES string of the molecule is CC[N+](CC)(CC)Cc1ccccc1.CO.[Cl-]. The van der Waals surface area contributed by atoms with Crippen LogP contribution >= 0.6 is 0 Å². The molecule has 0 aliphatic heterocycles. The van der Waals surface area contributed by atoms with E-state index in [9.17, 15) is 0 Å². The van der Waals surface area contributed by atoms with Crippen LogP contribution in [0.15, 0.2) is 30.3 Å². The average Bonchev–Trinajstić information content (AvgIpc) is 2.40. The molecule has 0 fully saturated rings. The first-order valence-electron chi connectivity index (χ1n) is 6.10. The molecule has 0 aromatic heterocycles. The number of halogens is 1. The van der Waals surface area contributed by atoms with Crippen LogP contribution in [0.5, 0.6) is 0 Å². The summed E-state index contributed by atoms with van der Waals surface area (Å²) in [5.74, 6) is 0. The van der Waals surface area contributed by atoms with Crippen molar-refractivity contribution in [3.05, 3.63) is 35.9 Å². The van der Waals surface area contributed by atoms with Crippen molar-refractivity contribution in [2.45, 2.75) is 27.3 Å². The summed E-state index contributed by atoms with van der Waals surface area (Å²) in [6.07, 6.45) is 0. The predicted octanol–water partition coefficient (Wildman–Crippen LogP) is -0.324. The lowest BCUT2D eigenvalue weighted by atomic mass is 10.2. The fourth-order valence-electron chi connectivity index (χ4n) is 1.98. The minimum Gasteiger partial charge on any atom is -1.00 e. The van der Waals surface area contributed by atoms with E-state index in [2.05, 4.69) is 51.1 Å². The molecule has 0 unspecified atom stereocenters. The molecule has 1 N–H and O–H groups in total. The molecule has 0 saturated heterocycles. The van der Waals surface area contributed by atoms with Gasteiger partial charge in [0.05, 0.1) is 19.6 Å². The summed E-state index contributed by atoms with van der Waals surface area (Å²) in [4.78, 5) is 0. The number of nitrogens with zero attached hydrogens (tertiary/aromatic N) is 1. The molecule has 1 aromatic rings. The molecule has 2 nitrogen and oxygen atoms in total. The van der Waals surface area contributed by atoms with Crippen molar-refractivity contribution in [1.82, 2.24) is 0 Å². The molecule has 3 heteroatoms. The normalized spacial score (nSPS) is 9.94. The maximum atomic E-state index is 7.00. The van der Waals surface area contributed by atoms with E-state index in [1.54, 1.807) is 0 Å². The topological polar surface area (TPSA) is 20.2 Å². The number of hydrogen-bond acceptors (Lipinski definition) is 1. The highest BCUT2D eigenvalue weighted by Crippen LogP contribution is 2.13. The molecule has 1 aromatic carbocycles. The molecule has 0 radical (unpaired) electrons. The molecule has 0 amide bonds. The second-order valence-corrected chi connectivity index (χ2v) is 3.93. The summed E-state index contributed by atoms with van der Waals surface area (Å²) in [5.41, 5.74) is 1.46. The Kier molecular flexibility index (Phi) is 11.7. The Balaban J connectivity index is 0. The maximum Gasteiger partial charge on any atom is 0.104 e. The zero-order valence-electron chi connectivity index (χ0n) is 11.5. The summed E-state index contributed by atoms with van der Waals surface area (Å²) >= 11 is 0. The van der Waals surface area contributed by atoms with Gasteiger partial charge in [0.15, 0.2) is 0 Å². The molecule has 17 heavy (non-hydrogen) atoms. The van der Waals surface area contributed by atoms with Crippen LogP contribution in [0.4, 0.5) is 0 Å². The van der Waals surface area contributed by atoms with Crippen LogP contribution < -0.4 is 12.4 Å². The van der Waals surface area contributed by atoms with Crippen LogP contribution in [0.3, 0.4) is 0 Å². The average molecular weight is 260 g/mol. The highest BCUT2D eigenvalue weighted by molar-refractivity contribution is 5.13. The molecule has 0 bridgehead atoms. The van der Waals surface area contributed by atoms with Crippen molar-refractivity contribution in [3.8, 4) is 0 Å². The molecule has 100 valence electrons. The zero-order chi connectivity index (χ0) is 12.4. The Hall–Kier alpha value is -0.570. The van der Waals surface area contributed by atoms with Gasteiger partial charge in [-0.05, 0) is 20.8 Å². The van der Waals surface area contributed by atoms with Crippen molar-refractivity contribution in [3.63, 3.8) is 0 Å². The summed E-state index contributed by atoms with van der Waals surface area (Å²) in [5, 5.41) is 7.00. The molecule has 0 spiro atoms. The van der Waals surface area contributed by atoms with Gasteiger partial charge in [-0.1, -0.05) is 30.3 Å². The van der Waals surface area contributed by atoms with Crippen molar-refractivity contribution in [2.75, 3.05) is 26.7 Å². The number of rotatable bonds is 5.